The van der Waals surface area contributed by atoms with Crippen LogP contribution in [-0.4, -0.2) is 5.88 Å². The van der Waals surface area contributed by atoms with Gasteiger partial charge in [-0.2, -0.15) is 13.2 Å². The Morgan fingerprint density at radius 1 is 1.29 bits per heavy atom. The minimum Gasteiger partial charge on any atom is -0.166 e. The summed E-state index contributed by atoms with van der Waals surface area (Å²) in [6.07, 6.45) is -1.71. The zero-order chi connectivity index (χ0) is 12.9. The fourth-order valence-corrected chi connectivity index (χ4v) is 2.11. The summed E-state index contributed by atoms with van der Waals surface area (Å²) in [5.74, 6) is 0.745. The van der Waals surface area contributed by atoms with E-state index in [0.717, 1.165) is 18.9 Å². The van der Waals surface area contributed by atoms with E-state index in [-0.39, 0.29) is 5.92 Å². The zero-order valence-corrected chi connectivity index (χ0v) is 10.5. The van der Waals surface area contributed by atoms with Crippen LogP contribution in [0.4, 0.5) is 13.2 Å². The molecule has 0 fully saturated rings. The molecule has 0 aliphatic rings. The highest BCUT2D eigenvalue weighted by Gasteiger charge is 2.30. The monoisotopic (exact) mass is 264 g/mol. The Hall–Kier alpha value is -0.700. The molecule has 0 bridgehead atoms. The Morgan fingerprint density at radius 2 is 2.00 bits per heavy atom. The molecule has 0 aliphatic heterocycles. The lowest BCUT2D eigenvalue weighted by Gasteiger charge is -2.14. The topological polar surface area (TPSA) is 0 Å². The van der Waals surface area contributed by atoms with Crippen LogP contribution in [0.5, 0.6) is 0 Å². The van der Waals surface area contributed by atoms with E-state index < -0.39 is 11.7 Å². The van der Waals surface area contributed by atoms with Gasteiger partial charge in [-0.25, -0.2) is 0 Å². The van der Waals surface area contributed by atoms with Crippen LogP contribution in [0.3, 0.4) is 0 Å². The average molecular weight is 265 g/mol. The first kappa shape index (κ1) is 14.4. The SMILES string of the molecule is CCCC(CCl)Cc1cccc(C(F)(F)F)c1. The lowest BCUT2D eigenvalue weighted by Crippen LogP contribution is -2.09. The van der Waals surface area contributed by atoms with Gasteiger partial charge in [0, 0.05) is 5.88 Å². The Balaban J connectivity index is 2.78. The second-order valence-corrected chi connectivity index (χ2v) is 4.52. The standard InChI is InChI=1S/C13H16ClF3/c1-2-4-11(9-14)7-10-5-3-6-12(8-10)13(15,16)17/h3,5-6,8,11H,2,4,7,9H2,1H3. The third-order valence-electron chi connectivity index (χ3n) is 2.69. The highest BCUT2D eigenvalue weighted by Crippen LogP contribution is 2.30. The van der Waals surface area contributed by atoms with E-state index in [0.29, 0.717) is 17.9 Å². The summed E-state index contributed by atoms with van der Waals surface area (Å²) in [6, 6.07) is 5.49. The highest BCUT2D eigenvalue weighted by atomic mass is 35.5. The molecule has 0 aliphatic carbocycles. The molecule has 0 aromatic heterocycles. The molecule has 0 radical (unpaired) electrons. The summed E-state index contributed by atoms with van der Waals surface area (Å²) >= 11 is 5.80. The molecule has 0 saturated heterocycles. The van der Waals surface area contributed by atoms with E-state index in [9.17, 15) is 13.2 Å². The molecule has 0 amide bonds. The van der Waals surface area contributed by atoms with Gasteiger partial charge in [0.1, 0.15) is 0 Å². The number of benzene rings is 1. The predicted molar refractivity (Wildman–Crippen MR) is 64.3 cm³/mol. The number of alkyl halides is 4. The fraction of sp³-hybridized carbons (Fsp3) is 0.538. The van der Waals surface area contributed by atoms with Gasteiger partial charge in [-0.3, -0.25) is 0 Å². The fourth-order valence-electron chi connectivity index (χ4n) is 1.85. The van der Waals surface area contributed by atoms with Crippen LogP contribution in [0.15, 0.2) is 24.3 Å². The zero-order valence-electron chi connectivity index (χ0n) is 9.73. The molecule has 0 N–H and O–H groups in total. The van der Waals surface area contributed by atoms with Crippen molar-refractivity contribution < 1.29 is 13.2 Å². The number of hydrogen-bond donors (Lipinski definition) is 0. The van der Waals surface area contributed by atoms with Gasteiger partial charge in [0.05, 0.1) is 5.56 Å². The Bertz CT molecular complexity index is 347. The normalized spacial score (nSPS) is 13.7. The van der Waals surface area contributed by atoms with Crippen molar-refractivity contribution in [3.63, 3.8) is 0 Å². The van der Waals surface area contributed by atoms with Crippen molar-refractivity contribution in [2.75, 3.05) is 5.88 Å². The van der Waals surface area contributed by atoms with Gasteiger partial charge in [-0.1, -0.05) is 31.5 Å². The molecule has 17 heavy (non-hydrogen) atoms. The second-order valence-electron chi connectivity index (χ2n) is 4.21. The Labute approximate surface area is 105 Å². The van der Waals surface area contributed by atoms with Gasteiger partial charge in [0.15, 0.2) is 0 Å². The quantitative estimate of drug-likeness (QED) is 0.664. The lowest BCUT2D eigenvalue weighted by atomic mass is 9.96. The first-order valence-corrected chi connectivity index (χ1v) is 6.23. The average Bonchev–Trinajstić information content (AvgIpc) is 2.28. The van der Waals surface area contributed by atoms with Crippen LogP contribution in [0.25, 0.3) is 0 Å². The van der Waals surface area contributed by atoms with Gasteiger partial charge >= 0.3 is 6.18 Å². The van der Waals surface area contributed by atoms with Crippen LogP contribution >= 0.6 is 11.6 Å². The molecule has 1 aromatic carbocycles. The molecular formula is C13H16ClF3. The van der Waals surface area contributed by atoms with Gasteiger partial charge in [0.2, 0.25) is 0 Å². The smallest absolute Gasteiger partial charge is 0.166 e. The van der Waals surface area contributed by atoms with Crippen molar-refractivity contribution >= 4 is 11.6 Å². The number of hydrogen-bond acceptors (Lipinski definition) is 0. The van der Waals surface area contributed by atoms with Crippen molar-refractivity contribution in [3.05, 3.63) is 35.4 Å². The third kappa shape index (κ3) is 4.58. The van der Waals surface area contributed by atoms with Gasteiger partial charge in [-0.15, -0.1) is 11.6 Å². The van der Waals surface area contributed by atoms with Crippen molar-refractivity contribution in [1.29, 1.82) is 0 Å². The van der Waals surface area contributed by atoms with Crippen LogP contribution in [0, 0.1) is 5.92 Å². The summed E-state index contributed by atoms with van der Waals surface area (Å²) in [5, 5.41) is 0. The lowest BCUT2D eigenvalue weighted by molar-refractivity contribution is -0.137. The highest BCUT2D eigenvalue weighted by molar-refractivity contribution is 6.18. The summed E-state index contributed by atoms with van der Waals surface area (Å²) < 4.78 is 37.5. The van der Waals surface area contributed by atoms with Crippen molar-refractivity contribution in [1.82, 2.24) is 0 Å². The minimum atomic E-state index is -4.27. The van der Waals surface area contributed by atoms with Crippen molar-refractivity contribution in [2.45, 2.75) is 32.4 Å². The maximum atomic E-state index is 12.5. The first-order chi connectivity index (χ1) is 7.97. The molecule has 0 nitrogen and oxygen atoms in total. The molecule has 0 saturated carbocycles. The number of rotatable bonds is 5. The van der Waals surface area contributed by atoms with Crippen molar-refractivity contribution in [2.24, 2.45) is 5.92 Å². The van der Waals surface area contributed by atoms with E-state index in [1.165, 1.54) is 12.1 Å². The van der Waals surface area contributed by atoms with Crippen molar-refractivity contribution in [3.8, 4) is 0 Å². The second kappa shape index (κ2) is 6.29. The Morgan fingerprint density at radius 3 is 2.53 bits per heavy atom. The Kier molecular flexibility index (Phi) is 5.31. The molecule has 1 rings (SSSR count). The molecule has 1 aromatic rings. The van der Waals surface area contributed by atoms with Gasteiger partial charge in [0.25, 0.3) is 0 Å². The van der Waals surface area contributed by atoms with E-state index >= 15 is 0 Å². The molecule has 96 valence electrons. The summed E-state index contributed by atoms with van der Waals surface area (Å²) in [6.45, 7) is 2.05. The van der Waals surface area contributed by atoms with E-state index in [4.69, 9.17) is 11.6 Å². The van der Waals surface area contributed by atoms with E-state index in [2.05, 4.69) is 0 Å². The van der Waals surface area contributed by atoms with Crippen LogP contribution in [-0.2, 0) is 12.6 Å². The molecule has 0 spiro atoms. The van der Waals surface area contributed by atoms with Gasteiger partial charge in [-0.05, 0) is 30.4 Å². The molecule has 0 heterocycles. The maximum Gasteiger partial charge on any atom is 0.416 e. The van der Waals surface area contributed by atoms with Crippen LogP contribution in [0.2, 0.25) is 0 Å². The summed E-state index contributed by atoms with van der Waals surface area (Å²) in [7, 11) is 0. The third-order valence-corrected chi connectivity index (χ3v) is 3.13. The predicted octanol–water partition coefficient (Wildman–Crippen LogP) is 4.90. The molecule has 1 atom stereocenters. The largest absolute Gasteiger partial charge is 0.416 e. The van der Waals surface area contributed by atoms with E-state index in [1.807, 2.05) is 6.92 Å². The molecule has 1 unspecified atom stereocenters. The maximum absolute atomic E-state index is 12.5. The van der Waals surface area contributed by atoms with E-state index in [1.54, 1.807) is 6.07 Å². The van der Waals surface area contributed by atoms with Gasteiger partial charge < -0.3 is 0 Å². The summed E-state index contributed by atoms with van der Waals surface area (Å²) in [4.78, 5) is 0. The number of halogens is 4. The summed E-state index contributed by atoms with van der Waals surface area (Å²) in [5.41, 5.74) is 0.124. The first-order valence-electron chi connectivity index (χ1n) is 5.69. The minimum absolute atomic E-state index is 0.255. The molecule has 4 heteroatoms. The van der Waals surface area contributed by atoms with Crippen LogP contribution < -0.4 is 0 Å². The van der Waals surface area contributed by atoms with Crippen LogP contribution in [0.1, 0.15) is 30.9 Å². The molecular weight excluding hydrogens is 249 g/mol.